The number of rotatable bonds is 7. The van der Waals surface area contributed by atoms with Gasteiger partial charge in [-0.1, -0.05) is 54.2 Å². The third kappa shape index (κ3) is 5.80. The molecule has 2 aromatic carbocycles. The smallest absolute Gasteiger partial charge is 0.346 e. The number of thioether (sulfide) groups is 1. The molecule has 1 aromatic heterocycles. The van der Waals surface area contributed by atoms with Crippen molar-refractivity contribution in [2.75, 3.05) is 12.3 Å². The molecule has 0 saturated heterocycles. The Hall–Kier alpha value is -2.88. The average Bonchev–Trinajstić information content (AvgIpc) is 3.07. The van der Waals surface area contributed by atoms with E-state index in [1.54, 1.807) is 22.8 Å². The van der Waals surface area contributed by atoms with Gasteiger partial charge in [-0.15, -0.1) is 10.2 Å². The molecule has 3 aromatic rings. The van der Waals surface area contributed by atoms with Crippen molar-refractivity contribution < 1.29 is 22.4 Å². The highest BCUT2D eigenvalue weighted by molar-refractivity contribution is 7.99. The van der Waals surface area contributed by atoms with Crippen LogP contribution >= 0.6 is 11.8 Å². The molecule has 0 fully saturated rings. The van der Waals surface area contributed by atoms with E-state index in [-0.39, 0.29) is 17.1 Å². The lowest BCUT2D eigenvalue weighted by Crippen LogP contribution is -2.34. The molecule has 0 aliphatic carbocycles. The fourth-order valence-corrected chi connectivity index (χ4v) is 3.29. The predicted molar refractivity (Wildman–Crippen MR) is 101 cm³/mol. The van der Waals surface area contributed by atoms with Gasteiger partial charge in [0.15, 0.2) is 11.0 Å². The number of carbonyl (C=O) groups is 1. The number of amides is 1. The number of nitrogens with zero attached hydrogens (tertiary/aromatic N) is 3. The van der Waals surface area contributed by atoms with E-state index in [4.69, 9.17) is 0 Å². The van der Waals surface area contributed by atoms with Crippen LogP contribution in [0.15, 0.2) is 59.8 Å². The second kappa shape index (κ2) is 9.08. The van der Waals surface area contributed by atoms with E-state index in [0.717, 1.165) is 17.3 Å². The van der Waals surface area contributed by atoms with Crippen molar-refractivity contribution in [3.63, 3.8) is 0 Å². The van der Waals surface area contributed by atoms with Crippen molar-refractivity contribution in [1.29, 1.82) is 0 Å². The topological polar surface area (TPSA) is 59.8 Å². The van der Waals surface area contributed by atoms with Gasteiger partial charge in [-0.2, -0.15) is 13.2 Å². The van der Waals surface area contributed by atoms with Gasteiger partial charge in [-0.3, -0.25) is 9.36 Å². The molecule has 29 heavy (non-hydrogen) atoms. The number of halogens is 4. The summed E-state index contributed by atoms with van der Waals surface area (Å²) >= 11 is 0.934. The van der Waals surface area contributed by atoms with Crippen LogP contribution in [0.1, 0.15) is 5.56 Å². The number of benzene rings is 2. The van der Waals surface area contributed by atoms with Gasteiger partial charge < -0.3 is 5.32 Å². The monoisotopic (exact) mass is 424 g/mol. The van der Waals surface area contributed by atoms with Crippen LogP contribution in [0.4, 0.5) is 17.6 Å². The molecule has 1 amide bonds. The van der Waals surface area contributed by atoms with E-state index < -0.39 is 24.4 Å². The SMILES string of the molecule is O=C(CSc1nnc(-c2ccccc2F)n1Cc1ccccc1)NCC(F)(F)F. The number of nitrogens with one attached hydrogen (secondary N) is 1. The molecule has 152 valence electrons. The molecular weight excluding hydrogens is 408 g/mol. The van der Waals surface area contributed by atoms with Crippen LogP contribution in [0.25, 0.3) is 11.4 Å². The van der Waals surface area contributed by atoms with Crippen molar-refractivity contribution in [3.05, 3.63) is 66.0 Å². The second-order valence-corrected chi connectivity index (χ2v) is 6.98. The highest BCUT2D eigenvalue weighted by Gasteiger charge is 2.27. The Balaban J connectivity index is 1.83. The lowest BCUT2D eigenvalue weighted by atomic mass is 10.2. The third-order valence-corrected chi connectivity index (χ3v) is 4.80. The van der Waals surface area contributed by atoms with Gasteiger partial charge >= 0.3 is 6.18 Å². The van der Waals surface area contributed by atoms with Crippen LogP contribution < -0.4 is 5.32 Å². The molecule has 1 heterocycles. The van der Waals surface area contributed by atoms with Crippen molar-refractivity contribution in [1.82, 2.24) is 20.1 Å². The maximum atomic E-state index is 14.3. The number of aromatic nitrogens is 3. The van der Waals surface area contributed by atoms with Crippen LogP contribution in [0.2, 0.25) is 0 Å². The molecule has 0 aliphatic rings. The summed E-state index contributed by atoms with van der Waals surface area (Å²) in [6.07, 6.45) is -4.48. The summed E-state index contributed by atoms with van der Waals surface area (Å²) in [5.41, 5.74) is 1.14. The average molecular weight is 424 g/mol. The summed E-state index contributed by atoms with van der Waals surface area (Å²) in [5, 5.41) is 10.2. The molecule has 0 saturated carbocycles. The van der Waals surface area contributed by atoms with Gasteiger partial charge in [-0.05, 0) is 17.7 Å². The predicted octanol–water partition coefficient (Wildman–Crippen LogP) is 3.90. The van der Waals surface area contributed by atoms with E-state index >= 15 is 0 Å². The minimum absolute atomic E-state index is 0.240. The first kappa shape index (κ1) is 20.8. The largest absolute Gasteiger partial charge is 0.405 e. The second-order valence-electron chi connectivity index (χ2n) is 6.04. The fraction of sp³-hybridized carbons (Fsp3) is 0.211. The lowest BCUT2D eigenvalue weighted by molar-refractivity contribution is -0.136. The van der Waals surface area contributed by atoms with E-state index in [9.17, 15) is 22.4 Å². The van der Waals surface area contributed by atoms with E-state index in [1.165, 1.54) is 6.07 Å². The highest BCUT2D eigenvalue weighted by atomic mass is 32.2. The highest BCUT2D eigenvalue weighted by Crippen LogP contribution is 2.27. The van der Waals surface area contributed by atoms with Crippen LogP contribution in [0.3, 0.4) is 0 Å². The molecule has 5 nitrogen and oxygen atoms in total. The van der Waals surface area contributed by atoms with Crippen molar-refractivity contribution in [2.45, 2.75) is 17.9 Å². The van der Waals surface area contributed by atoms with E-state index in [1.807, 2.05) is 35.6 Å². The summed E-state index contributed by atoms with van der Waals surface area (Å²) in [5.74, 6) is -1.27. The van der Waals surface area contributed by atoms with Crippen LogP contribution in [0.5, 0.6) is 0 Å². The van der Waals surface area contributed by atoms with Gasteiger partial charge in [0.2, 0.25) is 5.91 Å². The Morgan fingerprint density at radius 3 is 2.41 bits per heavy atom. The first-order chi connectivity index (χ1) is 13.8. The van der Waals surface area contributed by atoms with Crippen molar-refractivity contribution >= 4 is 17.7 Å². The molecule has 0 aliphatic heterocycles. The molecule has 0 radical (unpaired) electrons. The first-order valence-corrected chi connectivity index (χ1v) is 9.50. The molecule has 0 unspecified atom stereocenters. The Morgan fingerprint density at radius 2 is 1.72 bits per heavy atom. The summed E-state index contributed by atoms with van der Waals surface area (Å²) in [7, 11) is 0. The molecule has 10 heteroatoms. The van der Waals surface area contributed by atoms with E-state index in [0.29, 0.717) is 11.7 Å². The van der Waals surface area contributed by atoms with Gasteiger partial charge in [0.1, 0.15) is 12.4 Å². The zero-order valence-electron chi connectivity index (χ0n) is 15.0. The number of hydrogen-bond acceptors (Lipinski definition) is 4. The quantitative estimate of drug-likeness (QED) is 0.462. The Kier molecular flexibility index (Phi) is 6.53. The van der Waals surface area contributed by atoms with Crippen molar-refractivity contribution in [3.8, 4) is 11.4 Å². The van der Waals surface area contributed by atoms with Gasteiger partial charge in [0, 0.05) is 0 Å². The van der Waals surface area contributed by atoms with Gasteiger partial charge in [-0.25, -0.2) is 4.39 Å². The standard InChI is InChI=1S/C19H16F4N4OS/c20-15-9-5-4-8-14(15)17-25-26-18(27(17)10-13-6-2-1-3-7-13)29-11-16(28)24-12-19(21,22)23/h1-9H,10-12H2,(H,24,28). The van der Waals surface area contributed by atoms with Gasteiger partial charge in [0.05, 0.1) is 17.9 Å². The molecular formula is C19H16F4N4OS. The minimum Gasteiger partial charge on any atom is -0.346 e. The van der Waals surface area contributed by atoms with Crippen molar-refractivity contribution in [2.24, 2.45) is 0 Å². The molecule has 0 atom stereocenters. The molecule has 0 bridgehead atoms. The summed E-state index contributed by atoms with van der Waals surface area (Å²) in [6.45, 7) is -1.09. The van der Waals surface area contributed by atoms with Crippen LogP contribution in [-0.2, 0) is 11.3 Å². The normalized spacial score (nSPS) is 11.4. The summed E-state index contributed by atoms with van der Waals surface area (Å²) in [4.78, 5) is 11.7. The molecule has 1 N–H and O–H groups in total. The molecule has 0 spiro atoms. The lowest BCUT2D eigenvalue weighted by Gasteiger charge is -2.11. The Bertz CT molecular complexity index is 976. The maximum absolute atomic E-state index is 14.3. The Labute approximate surface area is 168 Å². The fourth-order valence-electron chi connectivity index (χ4n) is 2.53. The number of carbonyl (C=O) groups excluding carboxylic acids is 1. The van der Waals surface area contributed by atoms with E-state index in [2.05, 4.69) is 10.2 Å². The zero-order valence-corrected chi connectivity index (χ0v) is 15.8. The van der Waals surface area contributed by atoms with Crippen LogP contribution in [0, 0.1) is 5.82 Å². The Morgan fingerprint density at radius 1 is 1.03 bits per heavy atom. The maximum Gasteiger partial charge on any atom is 0.405 e. The minimum atomic E-state index is -4.48. The molecule has 3 rings (SSSR count). The number of hydrogen-bond donors (Lipinski definition) is 1. The summed E-state index contributed by atoms with van der Waals surface area (Å²) in [6, 6.07) is 15.4. The summed E-state index contributed by atoms with van der Waals surface area (Å²) < 4.78 is 52.6. The van der Waals surface area contributed by atoms with Gasteiger partial charge in [0.25, 0.3) is 0 Å². The number of alkyl halides is 3. The van der Waals surface area contributed by atoms with Crippen LogP contribution in [-0.4, -0.2) is 39.1 Å². The third-order valence-electron chi connectivity index (χ3n) is 3.83. The zero-order chi connectivity index (χ0) is 20.9. The first-order valence-electron chi connectivity index (χ1n) is 8.52.